The van der Waals surface area contributed by atoms with Crippen LogP contribution >= 0.6 is 31.9 Å². The number of hydrogen-bond acceptors (Lipinski definition) is 2. The summed E-state index contributed by atoms with van der Waals surface area (Å²) >= 11 is 6.87. The van der Waals surface area contributed by atoms with E-state index >= 15 is 0 Å². The molecule has 0 bridgehead atoms. The van der Waals surface area contributed by atoms with E-state index in [1.807, 2.05) is 37.4 Å². The molecule has 4 nitrogen and oxygen atoms in total. The Bertz CT molecular complexity index is 923. The van der Waals surface area contributed by atoms with Crippen molar-refractivity contribution in [1.29, 1.82) is 5.41 Å². The van der Waals surface area contributed by atoms with E-state index in [2.05, 4.69) is 31.9 Å². The first-order valence-electron chi connectivity index (χ1n) is 6.66. The highest BCUT2D eigenvalue weighted by Gasteiger charge is 2.14. The van der Waals surface area contributed by atoms with E-state index < -0.39 is 0 Å². The van der Waals surface area contributed by atoms with E-state index in [0.29, 0.717) is 11.2 Å². The summed E-state index contributed by atoms with van der Waals surface area (Å²) in [5.74, 6) is -0.0153. The van der Waals surface area contributed by atoms with Crippen molar-refractivity contribution in [3.05, 3.63) is 62.6 Å². The normalized spacial score (nSPS) is 11.0. The molecule has 0 radical (unpaired) electrons. The number of carbonyl (C=O) groups is 1. The second-order valence-corrected chi connectivity index (χ2v) is 6.78. The second-order valence-electron chi connectivity index (χ2n) is 5.01. The molecule has 0 unspecified atom stereocenters. The average molecular weight is 423 g/mol. The van der Waals surface area contributed by atoms with Crippen molar-refractivity contribution in [3.63, 3.8) is 0 Å². The molecular weight excluding hydrogens is 410 g/mol. The van der Waals surface area contributed by atoms with Crippen LogP contribution in [0, 0.1) is 5.41 Å². The summed E-state index contributed by atoms with van der Waals surface area (Å²) in [5, 5.41) is 8.26. The minimum atomic E-state index is -0.0153. The molecule has 0 saturated carbocycles. The fourth-order valence-electron chi connectivity index (χ4n) is 2.49. The van der Waals surface area contributed by atoms with Crippen LogP contribution in [0.1, 0.15) is 10.4 Å². The molecule has 1 N–H and O–H groups in total. The van der Waals surface area contributed by atoms with Gasteiger partial charge in [0.25, 0.3) is 0 Å². The van der Waals surface area contributed by atoms with Gasteiger partial charge in [-0.1, -0.05) is 34.1 Å². The average Bonchev–Trinajstić information content (AvgIpc) is 2.74. The fraction of sp³-hybridized carbons (Fsp3) is 0.125. The van der Waals surface area contributed by atoms with Crippen LogP contribution in [0.3, 0.4) is 0 Å². The summed E-state index contributed by atoms with van der Waals surface area (Å²) in [6.45, 7) is 0.147. The van der Waals surface area contributed by atoms with E-state index in [9.17, 15) is 4.79 Å². The maximum atomic E-state index is 12.5. The number of imidazole rings is 1. The monoisotopic (exact) mass is 421 g/mol. The molecule has 0 aliphatic heterocycles. The number of benzene rings is 2. The number of rotatable bonds is 3. The Balaban J connectivity index is 2.06. The van der Waals surface area contributed by atoms with Crippen molar-refractivity contribution in [3.8, 4) is 0 Å². The molecule has 112 valence electrons. The van der Waals surface area contributed by atoms with Crippen LogP contribution in [0.4, 0.5) is 0 Å². The maximum absolute atomic E-state index is 12.5. The smallest absolute Gasteiger partial charge is 0.203 e. The highest BCUT2D eigenvalue weighted by atomic mass is 79.9. The van der Waals surface area contributed by atoms with E-state index in [0.717, 1.165) is 20.0 Å². The van der Waals surface area contributed by atoms with Crippen LogP contribution in [-0.4, -0.2) is 14.9 Å². The molecule has 0 aliphatic rings. The lowest BCUT2D eigenvalue weighted by Gasteiger charge is -2.04. The minimum Gasteiger partial charge on any atom is -0.313 e. The third-order valence-corrected chi connectivity index (χ3v) is 4.80. The highest BCUT2D eigenvalue weighted by molar-refractivity contribution is 9.11. The van der Waals surface area contributed by atoms with Crippen LogP contribution in [0.15, 0.2) is 51.4 Å². The van der Waals surface area contributed by atoms with Crippen LogP contribution in [0.5, 0.6) is 0 Å². The number of Topliss-reactive ketones (excluding diaryl/α,β-unsaturated/α-hetero) is 1. The molecule has 2 aromatic carbocycles. The molecule has 0 fully saturated rings. The number of ketones is 1. The van der Waals surface area contributed by atoms with Gasteiger partial charge in [0.2, 0.25) is 5.62 Å². The van der Waals surface area contributed by atoms with Gasteiger partial charge in [0.1, 0.15) is 0 Å². The third-order valence-electron chi connectivity index (χ3n) is 3.63. The maximum Gasteiger partial charge on any atom is 0.203 e. The van der Waals surface area contributed by atoms with Crippen LogP contribution in [0.2, 0.25) is 0 Å². The summed E-state index contributed by atoms with van der Waals surface area (Å²) in [6, 6.07) is 13.0. The Morgan fingerprint density at radius 2 is 1.82 bits per heavy atom. The number of aryl methyl sites for hydroxylation is 1. The van der Waals surface area contributed by atoms with Gasteiger partial charge in [-0.3, -0.25) is 10.2 Å². The van der Waals surface area contributed by atoms with Crippen molar-refractivity contribution in [2.75, 3.05) is 0 Å². The zero-order valence-electron chi connectivity index (χ0n) is 11.8. The van der Waals surface area contributed by atoms with Gasteiger partial charge >= 0.3 is 0 Å². The zero-order valence-corrected chi connectivity index (χ0v) is 15.0. The van der Waals surface area contributed by atoms with Crippen molar-refractivity contribution in [2.45, 2.75) is 6.54 Å². The lowest BCUT2D eigenvalue weighted by Crippen LogP contribution is -2.25. The van der Waals surface area contributed by atoms with Gasteiger partial charge in [0, 0.05) is 21.6 Å². The van der Waals surface area contributed by atoms with Gasteiger partial charge < -0.3 is 9.13 Å². The summed E-state index contributed by atoms with van der Waals surface area (Å²) < 4.78 is 5.35. The molecule has 3 rings (SSSR count). The first-order chi connectivity index (χ1) is 10.5. The quantitative estimate of drug-likeness (QED) is 0.640. The second kappa shape index (κ2) is 5.85. The minimum absolute atomic E-state index is 0.0153. The Kier molecular flexibility index (Phi) is 4.06. The summed E-state index contributed by atoms with van der Waals surface area (Å²) in [7, 11) is 1.83. The van der Waals surface area contributed by atoms with Crippen molar-refractivity contribution < 1.29 is 4.79 Å². The summed E-state index contributed by atoms with van der Waals surface area (Å²) in [4.78, 5) is 12.5. The summed E-state index contributed by atoms with van der Waals surface area (Å²) in [5.41, 5.74) is 2.72. The number of carbonyl (C=O) groups excluding carboxylic acids is 1. The van der Waals surface area contributed by atoms with E-state index in [1.54, 1.807) is 21.3 Å². The molecule has 1 heterocycles. The van der Waals surface area contributed by atoms with Crippen molar-refractivity contribution >= 4 is 48.7 Å². The highest BCUT2D eigenvalue weighted by Crippen LogP contribution is 2.22. The Labute approximate surface area is 144 Å². The van der Waals surface area contributed by atoms with E-state index in [4.69, 9.17) is 5.41 Å². The number of halogens is 2. The molecule has 3 aromatic rings. The number of hydrogen-bond donors (Lipinski definition) is 1. The first kappa shape index (κ1) is 15.2. The van der Waals surface area contributed by atoms with Gasteiger partial charge in [-0.05, 0) is 40.2 Å². The van der Waals surface area contributed by atoms with Gasteiger partial charge in [-0.15, -0.1) is 0 Å². The lowest BCUT2D eigenvalue weighted by atomic mass is 10.1. The number of aromatic nitrogens is 2. The largest absolute Gasteiger partial charge is 0.313 e. The zero-order chi connectivity index (χ0) is 15.9. The predicted octanol–water partition coefficient (Wildman–Crippen LogP) is 3.87. The molecule has 22 heavy (non-hydrogen) atoms. The molecule has 0 amide bonds. The lowest BCUT2D eigenvalue weighted by molar-refractivity contribution is 0.0971. The van der Waals surface area contributed by atoms with Crippen molar-refractivity contribution in [1.82, 2.24) is 9.13 Å². The predicted molar refractivity (Wildman–Crippen MR) is 92.9 cm³/mol. The number of para-hydroxylation sites is 1. The van der Waals surface area contributed by atoms with Gasteiger partial charge in [0.05, 0.1) is 17.6 Å². The first-order valence-corrected chi connectivity index (χ1v) is 8.24. The number of nitrogens with zero attached hydrogens (tertiary/aromatic N) is 2. The number of nitrogens with one attached hydrogen (secondary N) is 1. The standard InChI is InChI=1S/C16H13Br2N3O/c1-20-15-12(18)3-2-4-13(15)21(16(20)19)9-14(22)10-5-7-11(17)8-6-10/h2-8,19H,9H2,1H3. The molecular formula is C16H13Br2N3O. The Morgan fingerprint density at radius 3 is 2.50 bits per heavy atom. The third kappa shape index (κ3) is 2.57. The van der Waals surface area contributed by atoms with Gasteiger partial charge in [0.15, 0.2) is 5.78 Å². The fourth-order valence-corrected chi connectivity index (χ4v) is 3.37. The SMILES string of the molecule is Cn1c(=N)n(CC(=O)c2ccc(Br)cc2)c2cccc(Br)c21. The van der Waals surface area contributed by atoms with Crippen LogP contribution in [0.25, 0.3) is 11.0 Å². The molecule has 0 spiro atoms. The molecule has 0 atom stereocenters. The molecule has 1 aromatic heterocycles. The van der Waals surface area contributed by atoms with E-state index in [1.165, 1.54) is 0 Å². The Hall–Kier alpha value is -1.66. The molecule has 6 heteroatoms. The Morgan fingerprint density at radius 1 is 1.14 bits per heavy atom. The van der Waals surface area contributed by atoms with Crippen LogP contribution in [-0.2, 0) is 13.6 Å². The molecule has 0 saturated heterocycles. The van der Waals surface area contributed by atoms with E-state index in [-0.39, 0.29) is 12.3 Å². The summed E-state index contributed by atoms with van der Waals surface area (Å²) in [6.07, 6.45) is 0. The number of fused-ring (bicyclic) bond motifs is 1. The van der Waals surface area contributed by atoms with Crippen LogP contribution < -0.4 is 5.62 Å². The van der Waals surface area contributed by atoms with Gasteiger partial charge in [-0.25, -0.2) is 0 Å². The topological polar surface area (TPSA) is 50.8 Å². The van der Waals surface area contributed by atoms with Gasteiger partial charge in [-0.2, -0.15) is 0 Å². The molecule has 0 aliphatic carbocycles. The van der Waals surface area contributed by atoms with Crippen molar-refractivity contribution in [2.24, 2.45) is 7.05 Å².